The van der Waals surface area contributed by atoms with Crippen LogP contribution in [0, 0.1) is 0 Å². The third-order valence-corrected chi connectivity index (χ3v) is 2.08. The monoisotopic (exact) mass is 292 g/mol. The van der Waals surface area contributed by atoms with Crippen molar-refractivity contribution in [1.29, 1.82) is 0 Å². The maximum absolute atomic E-state index is 13.0. The molecule has 0 atom stereocenters. The van der Waals surface area contributed by atoms with E-state index in [1.165, 1.54) is 0 Å². The molecule has 0 amide bonds. The van der Waals surface area contributed by atoms with E-state index in [4.69, 9.17) is 5.11 Å². The number of hydrogen-bond acceptors (Lipinski definition) is 2. The van der Waals surface area contributed by atoms with Gasteiger partial charge in [-0.15, -0.1) is 0 Å². The molecule has 0 fully saturated rings. The highest BCUT2D eigenvalue weighted by Crippen LogP contribution is 2.46. The van der Waals surface area contributed by atoms with Crippen molar-refractivity contribution in [2.24, 2.45) is 0 Å². The number of benzene rings is 1. The smallest absolute Gasteiger partial charge is 0.471 e. The van der Waals surface area contributed by atoms with Crippen LogP contribution in [-0.2, 0) is 0 Å². The fraction of sp³-hybridized carbons (Fsp3) is 0.400. The molecule has 1 aromatic carbocycles. The SMILES string of the molecule is Oc1ccc(OC(F)(F)C(F)(F)C(F)(F)CF)cc1. The van der Waals surface area contributed by atoms with E-state index in [0.717, 1.165) is 12.1 Å². The van der Waals surface area contributed by atoms with E-state index in [0.29, 0.717) is 12.1 Å². The predicted molar refractivity (Wildman–Crippen MR) is 49.6 cm³/mol. The minimum absolute atomic E-state index is 0.378. The van der Waals surface area contributed by atoms with Crippen LogP contribution in [0.25, 0.3) is 0 Å². The molecule has 0 spiro atoms. The number of aromatic hydroxyl groups is 1. The number of ether oxygens (including phenoxy) is 1. The van der Waals surface area contributed by atoms with Gasteiger partial charge in [-0.3, -0.25) is 0 Å². The van der Waals surface area contributed by atoms with Gasteiger partial charge in [0.25, 0.3) is 0 Å². The van der Waals surface area contributed by atoms with E-state index in [9.17, 15) is 30.7 Å². The van der Waals surface area contributed by atoms with Gasteiger partial charge in [0.05, 0.1) is 0 Å². The van der Waals surface area contributed by atoms with Gasteiger partial charge in [0, 0.05) is 0 Å². The molecule has 1 rings (SSSR count). The number of halogens is 7. The Morgan fingerprint density at radius 1 is 0.947 bits per heavy atom. The zero-order chi connectivity index (χ0) is 14.9. The molecule has 9 heteroatoms. The standard InChI is InChI=1S/C10H7F7O2/c11-5-8(12,13)9(14,15)10(16,17)19-7-3-1-6(18)2-4-7/h1-4,18H,5H2. The van der Waals surface area contributed by atoms with Gasteiger partial charge in [0.15, 0.2) is 6.67 Å². The van der Waals surface area contributed by atoms with Crippen molar-refractivity contribution in [3.8, 4) is 11.5 Å². The fourth-order valence-corrected chi connectivity index (χ4v) is 1.02. The third-order valence-electron chi connectivity index (χ3n) is 2.08. The summed E-state index contributed by atoms with van der Waals surface area (Å²) in [5, 5.41) is 8.82. The van der Waals surface area contributed by atoms with Crippen molar-refractivity contribution in [1.82, 2.24) is 0 Å². The van der Waals surface area contributed by atoms with Gasteiger partial charge in [-0.2, -0.15) is 26.3 Å². The minimum Gasteiger partial charge on any atom is -0.508 e. The Morgan fingerprint density at radius 3 is 1.84 bits per heavy atom. The van der Waals surface area contributed by atoms with Crippen LogP contribution in [0.15, 0.2) is 24.3 Å². The first-order chi connectivity index (χ1) is 8.53. The highest BCUT2D eigenvalue weighted by molar-refractivity contribution is 5.30. The molecule has 0 aliphatic carbocycles. The quantitative estimate of drug-likeness (QED) is 0.840. The van der Waals surface area contributed by atoms with Crippen LogP contribution in [0.2, 0.25) is 0 Å². The van der Waals surface area contributed by atoms with Crippen LogP contribution in [-0.4, -0.2) is 29.7 Å². The van der Waals surface area contributed by atoms with Crippen molar-refractivity contribution in [3.63, 3.8) is 0 Å². The molecule has 0 unspecified atom stereocenters. The Balaban J connectivity index is 3.00. The second kappa shape index (κ2) is 4.78. The van der Waals surface area contributed by atoms with Crippen LogP contribution < -0.4 is 4.74 Å². The van der Waals surface area contributed by atoms with Crippen molar-refractivity contribution >= 4 is 0 Å². The average Bonchev–Trinajstić information content (AvgIpc) is 2.31. The zero-order valence-electron chi connectivity index (χ0n) is 9.02. The first-order valence-corrected chi connectivity index (χ1v) is 4.71. The number of phenolic OH excluding ortho intramolecular Hbond substituents is 1. The summed E-state index contributed by atoms with van der Waals surface area (Å²) >= 11 is 0. The van der Waals surface area contributed by atoms with Crippen molar-refractivity contribution in [2.45, 2.75) is 18.0 Å². The van der Waals surface area contributed by atoms with Gasteiger partial charge in [-0.05, 0) is 24.3 Å². The normalized spacial score (nSPS) is 13.4. The molecular formula is C10H7F7O2. The Bertz CT molecular complexity index is 430. The van der Waals surface area contributed by atoms with Gasteiger partial charge >= 0.3 is 18.0 Å². The van der Waals surface area contributed by atoms with Crippen LogP contribution in [0.1, 0.15) is 0 Å². The van der Waals surface area contributed by atoms with E-state index in [1.807, 2.05) is 0 Å². The number of phenols is 1. The number of hydrogen-bond donors (Lipinski definition) is 1. The average molecular weight is 292 g/mol. The molecule has 0 saturated carbocycles. The fourth-order valence-electron chi connectivity index (χ4n) is 1.02. The second-order valence-corrected chi connectivity index (χ2v) is 3.53. The van der Waals surface area contributed by atoms with Gasteiger partial charge in [0.1, 0.15) is 11.5 Å². The molecule has 0 heterocycles. The number of alkyl halides is 7. The summed E-state index contributed by atoms with van der Waals surface area (Å²) in [6, 6.07) is 2.95. The molecule has 0 radical (unpaired) electrons. The molecule has 0 saturated heterocycles. The van der Waals surface area contributed by atoms with Crippen molar-refractivity contribution in [3.05, 3.63) is 24.3 Å². The summed E-state index contributed by atoms with van der Waals surface area (Å²) in [7, 11) is 0. The molecule has 19 heavy (non-hydrogen) atoms. The lowest BCUT2D eigenvalue weighted by Gasteiger charge is -2.30. The zero-order valence-corrected chi connectivity index (χ0v) is 9.02. The molecule has 108 valence electrons. The molecule has 0 aromatic heterocycles. The van der Waals surface area contributed by atoms with Crippen molar-refractivity contribution < 1.29 is 40.6 Å². The Kier molecular flexibility index (Phi) is 3.87. The van der Waals surface area contributed by atoms with Crippen LogP contribution in [0.5, 0.6) is 11.5 Å². The van der Waals surface area contributed by atoms with Gasteiger partial charge in [0.2, 0.25) is 0 Å². The van der Waals surface area contributed by atoms with Gasteiger partial charge < -0.3 is 9.84 Å². The topological polar surface area (TPSA) is 29.5 Å². The molecule has 0 aliphatic rings. The van der Waals surface area contributed by atoms with Gasteiger partial charge in [-0.25, -0.2) is 4.39 Å². The summed E-state index contributed by atoms with van der Waals surface area (Å²) in [4.78, 5) is 0. The minimum atomic E-state index is -6.04. The van der Waals surface area contributed by atoms with E-state index < -0.39 is 30.4 Å². The summed E-state index contributed by atoms with van der Waals surface area (Å²) in [6.07, 6.45) is -5.63. The predicted octanol–water partition coefficient (Wildman–Crippen LogP) is 3.60. The Hall–Kier alpha value is -1.67. The summed E-state index contributed by atoms with van der Waals surface area (Å²) in [5.41, 5.74) is 0. The molecule has 2 nitrogen and oxygen atoms in total. The molecular weight excluding hydrogens is 285 g/mol. The summed E-state index contributed by atoms with van der Waals surface area (Å²) in [5.74, 6) is -12.9. The summed E-state index contributed by atoms with van der Waals surface area (Å²) in [6.45, 7) is -2.96. The Labute approximate surface area is 102 Å². The van der Waals surface area contributed by atoms with E-state index in [1.54, 1.807) is 0 Å². The van der Waals surface area contributed by atoms with Gasteiger partial charge in [-0.1, -0.05) is 0 Å². The lowest BCUT2D eigenvalue weighted by Crippen LogP contribution is -2.57. The lowest BCUT2D eigenvalue weighted by atomic mass is 10.1. The molecule has 1 aromatic rings. The van der Waals surface area contributed by atoms with E-state index in [-0.39, 0.29) is 5.75 Å². The van der Waals surface area contributed by atoms with E-state index >= 15 is 0 Å². The Morgan fingerprint density at radius 2 is 1.42 bits per heavy atom. The first kappa shape index (κ1) is 15.4. The highest BCUT2D eigenvalue weighted by Gasteiger charge is 2.74. The highest BCUT2D eigenvalue weighted by atomic mass is 19.4. The van der Waals surface area contributed by atoms with Crippen molar-refractivity contribution in [2.75, 3.05) is 6.67 Å². The molecule has 0 bridgehead atoms. The lowest BCUT2D eigenvalue weighted by molar-refractivity contribution is -0.373. The third kappa shape index (κ3) is 2.85. The largest absolute Gasteiger partial charge is 0.508 e. The maximum atomic E-state index is 13.0. The first-order valence-electron chi connectivity index (χ1n) is 4.71. The molecule has 0 aliphatic heterocycles. The second-order valence-electron chi connectivity index (χ2n) is 3.53. The maximum Gasteiger partial charge on any atom is 0.471 e. The van der Waals surface area contributed by atoms with Crippen LogP contribution in [0.4, 0.5) is 30.7 Å². The van der Waals surface area contributed by atoms with E-state index in [2.05, 4.69) is 4.74 Å². The molecule has 1 N–H and O–H groups in total. The summed E-state index contributed by atoms with van der Waals surface area (Å²) < 4.78 is 91.8. The van der Waals surface area contributed by atoms with Crippen LogP contribution in [0.3, 0.4) is 0 Å². The van der Waals surface area contributed by atoms with Crippen LogP contribution >= 0.6 is 0 Å². The number of rotatable bonds is 5.